The SMILES string of the molecule is CSCCCCCNCC1CCCN1. The van der Waals surface area contributed by atoms with Gasteiger partial charge in [-0.25, -0.2) is 0 Å². The van der Waals surface area contributed by atoms with Crippen LogP contribution in [0.3, 0.4) is 0 Å². The zero-order valence-corrected chi connectivity index (χ0v) is 10.2. The van der Waals surface area contributed by atoms with Crippen LogP contribution in [0.1, 0.15) is 32.1 Å². The first-order chi connectivity index (χ1) is 6.93. The lowest BCUT2D eigenvalue weighted by Crippen LogP contribution is -2.34. The molecule has 1 aliphatic heterocycles. The zero-order valence-electron chi connectivity index (χ0n) is 9.35. The van der Waals surface area contributed by atoms with Gasteiger partial charge in [-0.05, 0) is 50.8 Å². The van der Waals surface area contributed by atoms with E-state index in [2.05, 4.69) is 16.9 Å². The molecule has 0 saturated carbocycles. The van der Waals surface area contributed by atoms with Crippen LogP contribution in [0, 0.1) is 0 Å². The lowest BCUT2D eigenvalue weighted by atomic mass is 10.2. The Morgan fingerprint density at radius 1 is 1.36 bits per heavy atom. The van der Waals surface area contributed by atoms with Crippen molar-refractivity contribution in [3.8, 4) is 0 Å². The van der Waals surface area contributed by atoms with Crippen LogP contribution in [0.5, 0.6) is 0 Å². The highest BCUT2D eigenvalue weighted by Gasteiger charge is 2.12. The molecule has 1 fully saturated rings. The van der Waals surface area contributed by atoms with E-state index in [1.807, 2.05) is 11.8 Å². The number of unbranched alkanes of at least 4 members (excludes halogenated alkanes) is 2. The maximum absolute atomic E-state index is 3.53. The Morgan fingerprint density at radius 3 is 3.00 bits per heavy atom. The Kier molecular flexibility index (Phi) is 7.55. The Hall–Kier alpha value is 0.270. The summed E-state index contributed by atoms with van der Waals surface area (Å²) in [7, 11) is 0. The van der Waals surface area contributed by atoms with E-state index in [-0.39, 0.29) is 0 Å². The van der Waals surface area contributed by atoms with Gasteiger partial charge in [0, 0.05) is 12.6 Å². The fourth-order valence-electron chi connectivity index (χ4n) is 1.88. The topological polar surface area (TPSA) is 24.1 Å². The molecular formula is C11H24N2S. The van der Waals surface area contributed by atoms with Gasteiger partial charge in [0.1, 0.15) is 0 Å². The largest absolute Gasteiger partial charge is 0.315 e. The van der Waals surface area contributed by atoms with Crippen molar-refractivity contribution in [3.05, 3.63) is 0 Å². The second kappa shape index (κ2) is 8.57. The van der Waals surface area contributed by atoms with E-state index in [1.165, 1.54) is 57.5 Å². The summed E-state index contributed by atoms with van der Waals surface area (Å²) in [4.78, 5) is 0. The van der Waals surface area contributed by atoms with Crippen LogP contribution in [-0.4, -0.2) is 37.7 Å². The Morgan fingerprint density at radius 2 is 2.29 bits per heavy atom. The molecule has 1 heterocycles. The molecule has 84 valence electrons. The van der Waals surface area contributed by atoms with Crippen molar-refractivity contribution in [2.75, 3.05) is 31.6 Å². The van der Waals surface area contributed by atoms with Gasteiger partial charge >= 0.3 is 0 Å². The molecule has 1 rings (SSSR count). The molecule has 0 aromatic heterocycles. The van der Waals surface area contributed by atoms with Crippen molar-refractivity contribution in [2.24, 2.45) is 0 Å². The highest BCUT2D eigenvalue weighted by Crippen LogP contribution is 2.04. The second-order valence-corrected chi connectivity index (χ2v) is 5.04. The summed E-state index contributed by atoms with van der Waals surface area (Å²) >= 11 is 1.96. The molecule has 0 radical (unpaired) electrons. The average molecular weight is 216 g/mol. The summed E-state index contributed by atoms with van der Waals surface area (Å²) in [5, 5.41) is 7.04. The summed E-state index contributed by atoms with van der Waals surface area (Å²) in [5.41, 5.74) is 0. The normalized spacial score (nSPS) is 21.6. The van der Waals surface area contributed by atoms with Gasteiger partial charge in [0.15, 0.2) is 0 Å². The molecule has 1 aliphatic rings. The summed E-state index contributed by atoms with van der Waals surface area (Å²) in [6, 6.07) is 0.751. The standard InChI is InChI=1S/C11H24N2S/c1-14-9-4-2-3-7-12-10-11-6-5-8-13-11/h11-13H,2-10H2,1H3. The lowest BCUT2D eigenvalue weighted by molar-refractivity contribution is 0.523. The number of hydrogen-bond donors (Lipinski definition) is 2. The van der Waals surface area contributed by atoms with Crippen molar-refractivity contribution >= 4 is 11.8 Å². The predicted molar refractivity (Wildman–Crippen MR) is 66.1 cm³/mol. The van der Waals surface area contributed by atoms with Crippen molar-refractivity contribution < 1.29 is 0 Å². The Labute approximate surface area is 92.6 Å². The van der Waals surface area contributed by atoms with Crippen LogP contribution in [0.15, 0.2) is 0 Å². The van der Waals surface area contributed by atoms with Crippen molar-refractivity contribution in [3.63, 3.8) is 0 Å². The second-order valence-electron chi connectivity index (χ2n) is 4.05. The molecule has 2 nitrogen and oxygen atoms in total. The monoisotopic (exact) mass is 216 g/mol. The molecule has 0 amide bonds. The Bertz CT molecular complexity index is 124. The maximum atomic E-state index is 3.53. The third kappa shape index (κ3) is 5.89. The molecule has 1 atom stereocenters. The van der Waals surface area contributed by atoms with E-state index in [9.17, 15) is 0 Å². The van der Waals surface area contributed by atoms with Gasteiger partial charge in [0.2, 0.25) is 0 Å². The highest BCUT2D eigenvalue weighted by atomic mass is 32.2. The minimum Gasteiger partial charge on any atom is -0.315 e. The molecule has 0 aromatic carbocycles. The van der Waals surface area contributed by atoms with E-state index < -0.39 is 0 Å². The van der Waals surface area contributed by atoms with Crippen LogP contribution in [0.4, 0.5) is 0 Å². The fraction of sp³-hybridized carbons (Fsp3) is 1.00. The van der Waals surface area contributed by atoms with E-state index >= 15 is 0 Å². The van der Waals surface area contributed by atoms with Gasteiger partial charge in [-0.15, -0.1) is 0 Å². The Balaban J connectivity index is 1.75. The van der Waals surface area contributed by atoms with Gasteiger partial charge in [-0.3, -0.25) is 0 Å². The number of hydrogen-bond acceptors (Lipinski definition) is 3. The van der Waals surface area contributed by atoms with Gasteiger partial charge < -0.3 is 10.6 Å². The zero-order chi connectivity index (χ0) is 10.1. The fourth-order valence-corrected chi connectivity index (χ4v) is 2.37. The van der Waals surface area contributed by atoms with Gasteiger partial charge in [0.25, 0.3) is 0 Å². The number of nitrogens with one attached hydrogen (secondary N) is 2. The average Bonchev–Trinajstić information content (AvgIpc) is 2.69. The van der Waals surface area contributed by atoms with Crippen LogP contribution in [0.25, 0.3) is 0 Å². The molecule has 1 saturated heterocycles. The minimum atomic E-state index is 0.751. The number of rotatable bonds is 8. The molecular weight excluding hydrogens is 192 g/mol. The predicted octanol–water partition coefficient (Wildman–Crippen LogP) is 1.86. The molecule has 1 unspecified atom stereocenters. The molecule has 0 spiro atoms. The summed E-state index contributed by atoms with van der Waals surface area (Å²) in [6.07, 6.45) is 9.01. The van der Waals surface area contributed by atoms with Gasteiger partial charge in [-0.1, -0.05) is 6.42 Å². The van der Waals surface area contributed by atoms with Crippen LogP contribution >= 0.6 is 11.8 Å². The third-order valence-corrected chi connectivity index (χ3v) is 3.45. The highest BCUT2D eigenvalue weighted by molar-refractivity contribution is 7.98. The third-order valence-electron chi connectivity index (χ3n) is 2.76. The smallest absolute Gasteiger partial charge is 0.0192 e. The molecule has 0 aromatic rings. The summed E-state index contributed by atoms with van der Waals surface area (Å²) < 4.78 is 0. The van der Waals surface area contributed by atoms with Gasteiger partial charge in [-0.2, -0.15) is 11.8 Å². The van der Waals surface area contributed by atoms with E-state index in [0.29, 0.717) is 0 Å². The number of thioether (sulfide) groups is 1. The van der Waals surface area contributed by atoms with Crippen LogP contribution < -0.4 is 10.6 Å². The van der Waals surface area contributed by atoms with E-state index in [1.54, 1.807) is 0 Å². The van der Waals surface area contributed by atoms with Crippen LogP contribution in [-0.2, 0) is 0 Å². The first kappa shape index (κ1) is 12.3. The van der Waals surface area contributed by atoms with E-state index in [0.717, 1.165) is 6.04 Å². The maximum Gasteiger partial charge on any atom is 0.0192 e. The molecule has 14 heavy (non-hydrogen) atoms. The lowest BCUT2D eigenvalue weighted by Gasteiger charge is -2.10. The minimum absolute atomic E-state index is 0.751. The molecule has 0 aliphatic carbocycles. The summed E-state index contributed by atoms with van der Waals surface area (Å²) in [5.74, 6) is 1.32. The molecule has 2 N–H and O–H groups in total. The van der Waals surface area contributed by atoms with Crippen molar-refractivity contribution in [1.82, 2.24) is 10.6 Å². The van der Waals surface area contributed by atoms with Crippen molar-refractivity contribution in [1.29, 1.82) is 0 Å². The quantitative estimate of drug-likeness (QED) is 0.606. The summed E-state index contributed by atoms with van der Waals surface area (Å²) in [6.45, 7) is 3.59. The van der Waals surface area contributed by atoms with Gasteiger partial charge in [0.05, 0.1) is 0 Å². The van der Waals surface area contributed by atoms with E-state index in [4.69, 9.17) is 0 Å². The van der Waals surface area contributed by atoms with Crippen LogP contribution in [0.2, 0.25) is 0 Å². The molecule has 3 heteroatoms. The van der Waals surface area contributed by atoms with Crippen molar-refractivity contribution in [2.45, 2.75) is 38.1 Å². The first-order valence-corrected chi connectivity index (χ1v) is 7.26. The first-order valence-electron chi connectivity index (χ1n) is 5.86. The molecule has 0 bridgehead atoms.